The molecule has 3 heterocycles. The minimum absolute atomic E-state index is 0. The molecular formula is C39H89N3OS. The van der Waals surface area contributed by atoms with Gasteiger partial charge >= 0.3 is 0 Å². The van der Waals surface area contributed by atoms with Gasteiger partial charge in [-0.25, -0.2) is 0 Å². The third kappa shape index (κ3) is 18.5. The highest BCUT2D eigenvalue weighted by Crippen LogP contribution is 2.40. The first-order valence-corrected chi connectivity index (χ1v) is 18.8. The van der Waals surface area contributed by atoms with E-state index in [2.05, 4.69) is 151 Å². The average molecular weight is 648 g/mol. The molecule has 3 saturated heterocycles. The van der Waals surface area contributed by atoms with Crippen LogP contribution in [-0.2, 0) is 4.74 Å². The molecule has 0 radical (unpaired) electrons. The zero-order valence-electron chi connectivity index (χ0n) is 34.4. The van der Waals surface area contributed by atoms with Crippen molar-refractivity contribution in [3.05, 3.63) is 0 Å². The van der Waals surface area contributed by atoms with Crippen molar-refractivity contribution in [2.75, 3.05) is 31.5 Å². The minimum atomic E-state index is 0. The van der Waals surface area contributed by atoms with Crippen molar-refractivity contribution in [3.8, 4) is 0 Å². The smallest absolute Gasteiger partial charge is 0.0998 e. The van der Waals surface area contributed by atoms with Gasteiger partial charge in [0, 0.05) is 52.9 Å². The second-order valence-corrected chi connectivity index (χ2v) is 18.7. The molecule has 44 heavy (non-hydrogen) atoms. The Kier molecular flexibility index (Phi) is 23.8. The van der Waals surface area contributed by atoms with Crippen LogP contribution in [0.3, 0.4) is 0 Å². The van der Waals surface area contributed by atoms with E-state index in [-0.39, 0.29) is 13.0 Å². The molecule has 4 atom stereocenters. The standard InChI is InChI=1S/C11H23NO.C11H23NS.C10H21N.3C2H6.CH4/c2*1-10(2,3)9-7-13-8-12(9)11(4,5)6;1-9(2,3)8-7-11(8)10(4,5)6;3*1-2;/h2*9H,7-8H2,1-6H3;8H,7H2,1-6H3;3*1-2H3;1H4. The predicted octanol–water partition coefficient (Wildman–Crippen LogP) is 11.9. The van der Waals surface area contributed by atoms with Gasteiger partial charge in [0.1, 0.15) is 0 Å². The van der Waals surface area contributed by atoms with Gasteiger partial charge in [0.2, 0.25) is 0 Å². The first-order chi connectivity index (χ1) is 19.2. The summed E-state index contributed by atoms with van der Waals surface area (Å²) in [6.07, 6.45) is 0. The Balaban J connectivity index is -0.000000249. The normalized spacial score (nSPS) is 24.3. The summed E-state index contributed by atoms with van der Waals surface area (Å²) in [7, 11) is 0. The molecule has 0 bridgehead atoms. The Morgan fingerprint density at radius 2 is 0.818 bits per heavy atom. The zero-order chi connectivity index (χ0) is 35.4. The van der Waals surface area contributed by atoms with Gasteiger partial charge in [-0.05, 0) is 78.6 Å². The van der Waals surface area contributed by atoms with Crippen molar-refractivity contribution >= 4 is 11.8 Å². The fourth-order valence-corrected chi connectivity index (χ4v) is 7.04. The zero-order valence-corrected chi connectivity index (χ0v) is 35.2. The van der Waals surface area contributed by atoms with Gasteiger partial charge in [-0.15, -0.1) is 11.8 Å². The summed E-state index contributed by atoms with van der Waals surface area (Å²) in [5.41, 5.74) is 2.10. The molecule has 0 aliphatic carbocycles. The van der Waals surface area contributed by atoms with Gasteiger partial charge in [0.25, 0.3) is 0 Å². The van der Waals surface area contributed by atoms with Crippen molar-refractivity contribution in [1.82, 2.24) is 14.7 Å². The van der Waals surface area contributed by atoms with Crippen LogP contribution in [0.4, 0.5) is 0 Å². The van der Waals surface area contributed by atoms with Crippen LogP contribution in [0.15, 0.2) is 0 Å². The van der Waals surface area contributed by atoms with E-state index in [0.29, 0.717) is 33.4 Å². The van der Waals surface area contributed by atoms with Crippen LogP contribution in [0.5, 0.6) is 0 Å². The van der Waals surface area contributed by atoms with E-state index in [1.54, 1.807) is 0 Å². The summed E-state index contributed by atoms with van der Waals surface area (Å²) >= 11 is 2.07. The van der Waals surface area contributed by atoms with Gasteiger partial charge in [-0.1, -0.05) is 111 Å². The minimum Gasteiger partial charge on any atom is -0.364 e. The predicted molar refractivity (Wildman–Crippen MR) is 208 cm³/mol. The topological polar surface area (TPSA) is 18.7 Å². The summed E-state index contributed by atoms with van der Waals surface area (Å²) in [4.78, 5) is 7.65. The molecule has 4 unspecified atom stereocenters. The van der Waals surface area contributed by atoms with E-state index >= 15 is 0 Å². The average Bonchev–Trinajstić information content (AvgIpc) is 3.27. The summed E-state index contributed by atoms with van der Waals surface area (Å²) < 4.78 is 5.55. The maximum absolute atomic E-state index is 5.55. The highest BCUT2D eigenvalue weighted by molar-refractivity contribution is 7.99. The summed E-state index contributed by atoms with van der Waals surface area (Å²) in [6.45, 7) is 56.4. The van der Waals surface area contributed by atoms with Gasteiger partial charge < -0.3 is 4.74 Å². The molecule has 0 saturated carbocycles. The van der Waals surface area contributed by atoms with Crippen LogP contribution < -0.4 is 0 Å². The molecule has 5 heteroatoms. The van der Waals surface area contributed by atoms with Crippen LogP contribution in [0.2, 0.25) is 0 Å². The Morgan fingerprint density at radius 3 is 1.02 bits per heavy atom. The Bertz CT molecular complexity index is 596. The Hall–Kier alpha value is 0.190. The number of ether oxygens (including phenoxy) is 1. The molecule has 0 amide bonds. The van der Waals surface area contributed by atoms with Crippen LogP contribution in [0.25, 0.3) is 0 Å². The highest BCUT2D eigenvalue weighted by atomic mass is 32.2. The van der Waals surface area contributed by atoms with Crippen molar-refractivity contribution in [1.29, 1.82) is 0 Å². The lowest BCUT2D eigenvalue weighted by Gasteiger charge is -2.42. The summed E-state index contributed by atoms with van der Waals surface area (Å²) in [6, 6.07) is 2.09. The van der Waals surface area contributed by atoms with Gasteiger partial charge in [-0.3, -0.25) is 14.7 Å². The number of nitrogens with zero attached hydrogens (tertiary/aromatic N) is 3. The first kappa shape index (κ1) is 51.0. The fourth-order valence-electron chi connectivity index (χ4n) is 5.26. The van der Waals surface area contributed by atoms with Crippen molar-refractivity contribution < 1.29 is 4.74 Å². The SMILES string of the molecule is C.CC.CC.CC.CC(C)(C)C1CN1C(C)(C)C.CC(C)(C)C1COCN1C(C)(C)C.CC(C)(C)C1CSCN1C(C)(C)C. The number of hydrogen-bond donors (Lipinski definition) is 0. The van der Waals surface area contributed by atoms with Crippen LogP contribution in [-0.4, -0.2) is 81.0 Å². The highest BCUT2D eigenvalue weighted by Gasteiger charge is 2.48. The maximum Gasteiger partial charge on any atom is 0.0998 e. The molecule has 0 spiro atoms. The monoisotopic (exact) mass is 648 g/mol. The molecule has 0 N–H and O–H groups in total. The van der Waals surface area contributed by atoms with E-state index in [4.69, 9.17) is 4.74 Å². The molecule has 3 fully saturated rings. The molecular weight excluding hydrogens is 559 g/mol. The van der Waals surface area contributed by atoms with E-state index in [9.17, 15) is 0 Å². The van der Waals surface area contributed by atoms with Gasteiger partial charge in [0.05, 0.1) is 13.3 Å². The molecule has 3 aliphatic rings. The van der Waals surface area contributed by atoms with Crippen LogP contribution in [0.1, 0.15) is 174 Å². The molecule has 3 rings (SSSR count). The first-order valence-electron chi connectivity index (χ1n) is 17.6. The second kappa shape index (κ2) is 20.5. The molecule has 3 aliphatic heterocycles. The Labute approximate surface area is 286 Å². The van der Waals surface area contributed by atoms with Crippen LogP contribution >= 0.6 is 11.8 Å². The van der Waals surface area contributed by atoms with Gasteiger partial charge in [0.15, 0.2) is 0 Å². The van der Waals surface area contributed by atoms with Crippen LogP contribution in [0, 0.1) is 16.2 Å². The molecule has 4 nitrogen and oxygen atoms in total. The quantitative estimate of drug-likeness (QED) is 0.243. The fraction of sp³-hybridized carbons (Fsp3) is 1.00. The number of thioether (sulfide) groups is 1. The second-order valence-electron chi connectivity index (χ2n) is 17.7. The van der Waals surface area contributed by atoms with Crippen molar-refractivity contribution in [3.63, 3.8) is 0 Å². The van der Waals surface area contributed by atoms with E-state index < -0.39 is 0 Å². The third-order valence-electron chi connectivity index (χ3n) is 7.96. The molecule has 272 valence electrons. The molecule has 0 aromatic carbocycles. The van der Waals surface area contributed by atoms with E-state index in [0.717, 1.165) is 25.4 Å². The lowest BCUT2D eigenvalue weighted by Crippen LogP contribution is -2.50. The maximum atomic E-state index is 5.55. The van der Waals surface area contributed by atoms with Gasteiger partial charge in [-0.2, -0.15) is 0 Å². The lowest BCUT2D eigenvalue weighted by molar-refractivity contribution is 0.0437. The third-order valence-corrected chi connectivity index (χ3v) is 8.97. The lowest BCUT2D eigenvalue weighted by atomic mass is 9.85. The Morgan fingerprint density at radius 1 is 0.477 bits per heavy atom. The molecule has 0 aromatic heterocycles. The number of rotatable bonds is 0. The van der Waals surface area contributed by atoms with E-state index in [1.165, 1.54) is 18.2 Å². The summed E-state index contributed by atoms with van der Waals surface area (Å²) in [5, 5.41) is 0. The van der Waals surface area contributed by atoms with Crippen molar-refractivity contribution in [2.45, 2.75) is 208 Å². The molecule has 0 aromatic rings. The summed E-state index contributed by atoms with van der Waals surface area (Å²) in [5.74, 6) is 2.49. The largest absolute Gasteiger partial charge is 0.364 e. The van der Waals surface area contributed by atoms with E-state index in [1.807, 2.05) is 41.5 Å². The number of hydrogen-bond acceptors (Lipinski definition) is 5. The van der Waals surface area contributed by atoms with Crippen molar-refractivity contribution in [2.24, 2.45) is 16.2 Å².